The molecule has 26 heavy (non-hydrogen) atoms. The minimum Gasteiger partial charge on any atom is -0.338 e. The molecule has 1 aromatic heterocycles. The maximum atomic E-state index is 12.4. The lowest BCUT2D eigenvalue weighted by atomic mass is 9.96. The summed E-state index contributed by atoms with van der Waals surface area (Å²) in [5.41, 5.74) is 1.10. The predicted octanol–water partition coefficient (Wildman–Crippen LogP) is 3.38. The zero-order chi connectivity index (χ0) is 17.8. The smallest absolute Gasteiger partial charge is 0.317 e. The second-order valence-electron chi connectivity index (χ2n) is 8.20. The first-order valence-corrected chi connectivity index (χ1v) is 10.5. The van der Waals surface area contributed by atoms with Crippen LogP contribution in [0.15, 0.2) is 24.4 Å². The fraction of sp³-hybridized carbons (Fsp3) is 0.714. The largest absolute Gasteiger partial charge is 0.338 e. The first-order chi connectivity index (χ1) is 12.8. The van der Waals surface area contributed by atoms with E-state index in [0.29, 0.717) is 12.0 Å². The van der Waals surface area contributed by atoms with Gasteiger partial charge in [-0.2, -0.15) is 0 Å². The minimum atomic E-state index is 0.0976. The van der Waals surface area contributed by atoms with Gasteiger partial charge in [-0.15, -0.1) is 0 Å². The summed E-state index contributed by atoms with van der Waals surface area (Å²) in [7, 11) is 0. The average molecular weight is 357 g/mol. The first kappa shape index (κ1) is 17.8. The summed E-state index contributed by atoms with van der Waals surface area (Å²) >= 11 is 0. The van der Waals surface area contributed by atoms with E-state index in [9.17, 15) is 4.79 Å². The quantitative estimate of drug-likeness (QED) is 0.880. The van der Waals surface area contributed by atoms with Crippen molar-refractivity contribution in [3.63, 3.8) is 0 Å². The van der Waals surface area contributed by atoms with E-state index in [4.69, 9.17) is 0 Å². The summed E-state index contributed by atoms with van der Waals surface area (Å²) in [5.74, 6) is 0.401. The molecule has 0 bridgehead atoms. The molecule has 0 radical (unpaired) electrons. The van der Waals surface area contributed by atoms with E-state index in [1.165, 1.54) is 51.5 Å². The Kier molecular flexibility index (Phi) is 5.73. The van der Waals surface area contributed by atoms with Gasteiger partial charge in [0.2, 0.25) is 0 Å². The topological polar surface area (TPSA) is 48.5 Å². The van der Waals surface area contributed by atoms with Gasteiger partial charge in [0.25, 0.3) is 0 Å². The standard InChI is InChI=1S/C21H32N4O/c26-21(24-15-17(16-24)20-10-3-5-12-22-20)23-13-11-19-9-4-6-14-25(19)18-7-1-2-8-18/h3,5,10,12,17-19H,1-2,4,6-9,11,13-16H2,(H,23,26)/t19-/m1/s1. The Morgan fingerprint density at radius 3 is 2.69 bits per heavy atom. The number of carbonyl (C=O) groups excluding carboxylic acids is 1. The van der Waals surface area contributed by atoms with Crippen molar-refractivity contribution in [1.82, 2.24) is 20.1 Å². The monoisotopic (exact) mass is 356 g/mol. The van der Waals surface area contributed by atoms with Gasteiger partial charge in [0.05, 0.1) is 0 Å². The molecule has 2 amide bonds. The molecule has 3 aliphatic rings. The summed E-state index contributed by atoms with van der Waals surface area (Å²) in [6, 6.07) is 7.59. The third kappa shape index (κ3) is 4.03. The Hall–Kier alpha value is -1.62. The molecule has 1 aliphatic carbocycles. The van der Waals surface area contributed by atoms with Gasteiger partial charge in [-0.25, -0.2) is 4.79 Å². The number of hydrogen-bond acceptors (Lipinski definition) is 3. The van der Waals surface area contributed by atoms with Gasteiger partial charge in [0, 0.05) is 49.5 Å². The van der Waals surface area contributed by atoms with Crippen molar-refractivity contribution in [3.05, 3.63) is 30.1 Å². The Labute approximate surface area is 157 Å². The molecule has 142 valence electrons. The lowest BCUT2D eigenvalue weighted by molar-refractivity contribution is 0.0904. The molecule has 0 unspecified atom stereocenters. The van der Waals surface area contributed by atoms with Crippen molar-refractivity contribution in [3.8, 4) is 0 Å². The number of hydrogen-bond donors (Lipinski definition) is 1. The Morgan fingerprint density at radius 1 is 1.12 bits per heavy atom. The van der Waals surface area contributed by atoms with Crippen LogP contribution in [-0.2, 0) is 0 Å². The van der Waals surface area contributed by atoms with Gasteiger partial charge < -0.3 is 10.2 Å². The van der Waals surface area contributed by atoms with Crippen LogP contribution in [0.4, 0.5) is 4.79 Å². The molecule has 3 heterocycles. The van der Waals surface area contributed by atoms with Crippen LogP contribution in [0, 0.1) is 0 Å². The number of pyridine rings is 1. The predicted molar refractivity (Wildman–Crippen MR) is 103 cm³/mol. The molecule has 3 fully saturated rings. The number of urea groups is 1. The van der Waals surface area contributed by atoms with Crippen molar-refractivity contribution in [2.45, 2.75) is 69.4 Å². The Morgan fingerprint density at radius 2 is 1.92 bits per heavy atom. The first-order valence-electron chi connectivity index (χ1n) is 10.5. The van der Waals surface area contributed by atoms with E-state index in [1.807, 2.05) is 23.2 Å². The van der Waals surface area contributed by atoms with Crippen LogP contribution in [0.2, 0.25) is 0 Å². The van der Waals surface area contributed by atoms with Gasteiger partial charge in [-0.05, 0) is 50.8 Å². The van der Waals surface area contributed by atoms with Gasteiger partial charge in [0.15, 0.2) is 0 Å². The molecular weight excluding hydrogens is 324 g/mol. The highest BCUT2D eigenvalue weighted by atomic mass is 16.2. The number of nitrogens with one attached hydrogen (secondary N) is 1. The van der Waals surface area contributed by atoms with Gasteiger partial charge >= 0.3 is 6.03 Å². The number of likely N-dealkylation sites (tertiary alicyclic amines) is 2. The fourth-order valence-electron chi connectivity index (χ4n) is 4.96. The highest BCUT2D eigenvalue weighted by molar-refractivity contribution is 5.75. The van der Waals surface area contributed by atoms with Crippen LogP contribution in [0.1, 0.15) is 63.0 Å². The number of amides is 2. The van der Waals surface area contributed by atoms with Crippen molar-refractivity contribution in [2.24, 2.45) is 0 Å². The Balaban J connectivity index is 1.19. The SMILES string of the molecule is O=C(NCC[C@H]1CCCCN1C1CCCC1)N1CC(c2ccccn2)C1. The highest BCUT2D eigenvalue weighted by Gasteiger charge is 2.33. The molecule has 0 spiro atoms. The highest BCUT2D eigenvalue weighted by Crippen LogP contribution is 2.30. The maximum absolute atomic E-state index is 12.4. The lowest BCUT2D eigenvalue weighted by Gasteiger charge is -2.41. The van der Waals surface area contributed by atoms with Crippen LogP contribution in [0.25, 0.3) is 0 Å². The van der Waals surface area contributed by atoms with E-state index in [1.54, 1.807) is 0 Å². The lowest BCUT2D eigenvalue weighted by Crippen LogP contribution is -2.53. The maximum Gasteiger partial charge on any atom is 0.317 e. The molecule has 5 nitrogen and oxygen atoms in total. The normalized spacial score (nSPS) is 25.2. The van der Waals surface area contributed by atoms with Crippen molar-refractivity contribution < 1.29 is 4.79 Å². The van der Waals surface area contributed by atoms with Gasteiger partial charge in [0.1, 0.15) is 0 Å². The summed E-state index contributed by atoms with van der Waals surface area (Å²) < 4.78 is 0. The molecular formula is C21H32N4O. The molecule has 2 aliphatic heterocycles. The van der Waals surface area contributed by atoms with Crippen molar-refractivity contribution in [1.29, 1.82) is 0 Å². The van der Waals surface area contributed by atoms with Crippen LogP contribution >= 0.6 is 0 Å². The van der Waals surface area contributed by atoms with Crippen LogP contribution in [0.5, 0.6) is 0 Å². The molecule has 5 heteroatoms. The van der Waals surface area contributed by atoms with Gasteiger partial charge in [-0.3, -0.25) is 9.88 Å². The second kappa shape index (κ2) is 8.38. The molecule has 0 aromatic carbocycles. The molecule has 1 atom stereocenters. The van der Waals surface area contributed by atoms with Crippen LogP contribution in [-0.4, -0.2) is 59.1 Å². The van der Waals surface area contributed by atoms with Crippen molar-refractivity contribution >= 4 is 6.03 Å². The molecule has 1 saturated carbocycles. The number of piperidine rings is 1. The molecule has 1 aromatic rings. The molecule has 2 saturated heterocycles. The molecule has 1 N–H and O–H groups in total. The third-order valence-corrected chi connectivity index (χ3v) is 6.49. The zero-order valence-electron chi connectivity index (χ0n) is 15.8. The number of nitrogens with zero attached hydrogens (tertiary/aromatic N) is 3. The summed E-state index contributed by atoms with van der Waals surface area (Å²) in [5, 5.41) is 3.15. The van der Waals surface area contributed by atoms with E-state index in [2.05, 4.69) is 21.3 Å². The number of aromatic nitrogens is 1. The summed E-state index contributed by atoms with van der Waals surface area (Å²) in [6.07, 6.45) is 12.5. The van der Waals surface area contributed by atoms with E-state index in [0.717, 1.165) is 37.8 Å². The summed E-state index contributed by atoms with van der Waals surface area (Å²) in [6.45, 7) is 3.65. The second-order valence-corrected chi connectivity index (χ2v) is 8.20. The zero-order valence-corrected chi connectivity index (χ0v) is 15.8. The van der Waals surface area contributed by atoms with E-state index < -0.39 is 0 Å². The number of rotatable bonds is 5. The Bertz CT molecular complexity index is 581. The van der Waals surface area contributed by atoms with Crippen LogP contribution < -0.4 is 5.32 Å². The van der Waals surface area contributed by atoms with Crippen LogP contribution in [0.3, 0.4) is 0 Å². The fourth-order valence-corrected chi connectivity index (χ4v) is 4.96. The van der Waals surface area contributed by atoms with Gasteiger partial charge in [-0.1, -0.05) is 25.3 Å². The average Bonchev–Trinajstić information content (AvgIpc) is 3.16. The van der Waals surface area contributed by atoms with E-state index in [-0.39, 0.29) is 6.03 Å². The minimum absolute atomic E-state index is 0.0976. The third-order valence-electron chi connectivity index (χ3n) is 6.49. The number of carbonyl (C=O) groups is 1. The summed E-state index contributed by atoms with van der Waals surface area (Å²) in [4.78, 5) is 21.4. The van der Waals surface area contributed by atoms with Crippen molar-refractivity contribution in [2.75, 3.05) is 26.2 Å². The molecule has 4 rings (SSSR count). The van der Waals surface area contributed by atoms with E-state index >= 15 is 0 Å².